The van der Waals surface area contributed by atoms with Crippen LogP contribution >= 0.6 is 22.7 Å². The minimum absolute atomic E-state index is 0.216. The number of hydrogen-bond donors (Lipinski definition) is 1. The summed E-state index contributed by atoms with van der Waals surface area (Å²) in [6.45, 7) is 1.09. The maximum Gasteiger partial charge on any atom is 0.257 e. The molecule has 1 aliphatic rings. The fourth-order valence-electron chi connectivity index (χ4n) is 3.79. The van der Waals surface area contributed by atoms with Gasteiger partial charge < -0.3 is 0 Å². The summed E-state index contributed by atoms with van der Waals surface area (Å²) in [6, 6.07) is 14.0. The lowest BCUT2D eigenvalue weighted by Gasteiger charge is -2.20. The number of benzene rings is 2. The number of nitrogens with zero attached hydrogens (tertiary/aromatic N) is 3. The van der Waals surface area contributed by atoms with E-state index in [4.69, 9.17) is 0 Å². The van der Waals surface area contributed by atoms with E-state index in [0.717, 1.165) is 46.6 Å². The topological polar surface area (TPSA) is 92.3 Å². The molecule has 10 heteroatoms. The third-order valence-electron chi connectivity index (χ3n) is 5.56. The van der Waals surface area contributed by atoms with Crippen molar-refractivity contribution in [2.75, 3.05) is 18.4 Å². The van der Waals surface area contributed by atoms with Gasteiger partial charge in [0.05, 0.1) is 15.1 Å². The largest absolute Gasteiger partial charge is 0.298 e. The number of amides is 1. The molecule has 4 aromatic rings. The van der Waals surface area contributed by atoms with Gasteiger partial charge in [-0.1, -0.05) is 25.0 Å². The van der Waals surface area contributed by atoms with E-state index in [0.29, 0.717) is 23.8 Å². The highest BCUT2D eigenvalue weighted by atomic mass is 32.2. The average molecular weight is 499 g/mol. The molecule has 3 heterocycles. The van der Waals surface area contributed by atoms with E-state index in [1.807, 2.05) is 29.6 Å². The number of thiazole rings is 2. The van der Waals surface area contributed by atoms with Gasteiger partial charge in [0.15, 0.2) is 5.13 Å². The first-order valence-corrected chi connectivity index (χ1v) is 13.9. The van der Waals surface area contributed by atoms with Crippen LogP contribution in [0.3, 0.4) is 0 Å². The summed E-state index contributed by atoms with van der Waals surface area (Å²) in [5.74, 6) is -0.334. The van der Waals surface area contributed by atoms with Crippen molar-refractivity contribution in [3.8, 4) is 10.7 Å². The van der Waals surface area contributed by atoms with Gasteiger partial charge in [0.2, 0.25) is 10.0 Å². The normalized spacial score (nSPS) is 15.4. The number of para-hydroxylation sites is 1. The molecule has 7 nitrogen and oxygen atoms in total. The van der Waals surface area contributed by atoms with Crippen molar-refractivity contribution in [1.29, 1.82) is 0 Å². The van der Waals surface area contributed by atoms with Gasteiger partial charge in [-0.25, -0.2) is 18.4 Å². The molecule has 0 aliphatic carbocycles. The zero-order valence-electron chi connectivity index (χ0n) is 17.7. The third-order valence-corrected chi connectivity index (χ3v) is 9.29. The number of carbonyl (C=O) groups is 1. The van der Waals surface area contributed by atoms with Crippen LogP contribution in [0, 0.1) is 0 Å². The van der Waals surface area contributed by atoms with Crippen molar-refractivity contribution >= 4 is 54.0 Å². The first-order valence-electron chi connectivity index (χ1n) is 10.7. The molecule has 0 bridgehead atoms. The first kappa shape index (κ1) is 22.1. The van der Waals surface area contributed by atoms with Crippen LogP contribution in [0.5, 0.6) is 0 Å². The van der Waals surface area contributed by atoms with E-state index in [2.05, 4.69) is 15.3 Å². The molecule has 0 unspecified atom stereocenters. The highest BCUT2D eigenvalue weighted by Crippen LogP contribution is 2.32. The van der Waals surface area contributed by atoms with Crippen LogP contribution in [0.25, 0.3) is 20.9 Å². The van der Waals surface area contributed by atoms with Crippen LogP contribution in [0.4, 0.5) is 5.13 Å². The van der Waals surface area contributed by atoms with Gasteiger partial charge in [-0.2, -0.15) is 4.31 Å². The molecule has 2 aromatic carbocycles. The van der Waals surface area contributed by atoms with Crippen molar-refractivity contribution in [3.05, 3.63) is 59.5 Å². The summed E-state index contributed by atoms with van der Waals surface area (Å²) in [7, 11) is -3.54. The Balaban J connectivity index is 1.28. The summed E-state index contributed by atoms with van der Waals surface area (Å²) in [5, 5.41) is 5.93. The number of hydrogen-bond acceptors (Lipinski definition) is 7. The van der Waals surface area contributed by atoms with Crippen molar-refractivity contribution in [2.45, 2.75) is 30.6 Å². The monoisotopic (exact) mass is 498 g/mol. The molecular weight excluding hydrogens is 476 g/mol. The van der Waals surface area contributed by atoms with Crippen molar-refractivity contribution in [2.24, 2.45) is 0 Å². The lowest BCUT2D eigenvalue weighted by molar-refractivity contribution is 0.102. The molecule has 1 saturated heterocycles. The van der Waals surface area contributed by atoms with Crippen LogP contribution in [0.15, 0.2) is 58.8 Å². The minimum atomic E-state index is -3.54. The Labute approximate surface area is 200 Å². The maximum absolute atomic E-state index is 12.9. The van der Waals surface area contributed by atoms with Crippen LogP contribution in [0.2, 0.25) is 0 Å². The molecule has 33 heavy (non-hydrogen) atoms. The van der Waals surface area contributed by atoms with Crippen molar-refractivity contribution < 1.29 is 13.2 Å². The molecule has 2 aromatic heterocycles. The first-order chi connectivity index (χ1) is 16.0. The Morgan fingerprint density at radius 2 is 1.67 bits per heavy atom. The summed E-state index contributed by atoms with van der Waals surface area (Å²) in [6.07, 6.45) is 3.88. The van der Waals surface area contributed by atoms with Crippen molar-refractivity contribution in [3.63, 3.8) is 0 Å². The minimum Gasteiger partial charge on any atom is -0.298 e. The molecule has 0 atom stereocenters. The highest BCUT2D eigenvalue weighted by molar-refractivity contribution is 7.89. The predicted octanol–water partition coefficient (Wildman–Crippen LogP) is 5.24. The zero-order chi connectivity index (χ0) is 22.8. The molecule has 0 radical (unpaired) electrons. The smallest absolute Gasteiger partial charge is 0.257 e. The fourth-order valence-corrected chi connectivity index (χ4v) is 7.00. The quantitative estimate of drug-likeness (QED) is 0.406. The number of fused-ring (bicyclic) bond motifs is 1. The summed E-state index contributed by atoms with van der Waals surface area (Å²) >= 11 is 2.88. The molecule has 1 fully saturated rings. The van der Waals surface area contributed by atoms with E-state index in [9.17, 15) is 13.2 Å². The molecule has 1 amide bonds. The fraction of sp³-hybridized carbons (Fsp3) is 0.261. The highest BCUT2D eigenvalue weighted by Gasteiger charge is 2.25. The van der Waals surface area contributed by atoms with E-state index >= 15 is 0 Å². The molecule has 1 aliphatic heterocycles. The predicted molar refractivity (Wildman–Crippen MR) is 132 cm³/mol. The molecule has 5 rings (SSSR count). The van der Waals surface area contributed by atoms with Gasteiger partial charge >= 0.3 is 0 Å². The van der Waals surface area contributed by atoms with E-state index in [-0.39, 0.29) is 10.8 Å². The molecule has 1 N–H and O–H groups in total. The number of aromatic nitrogens is 2. The van der Waals surface area contributed by atoms with Crippen molar-refractivity contribution in [1.82, 2.24) is 14.3 Å². The lowest BCUT2D eigenvalue weighted by Crippen LogP contribution is -2.31. The van der Waals surface area contributed by atoms with E-state index < -0.39 is 10.0 Å². The van der Waals surface area contributed by atoms with Crippen LogP contribution in [-0.4, -0.2) is 41.7 Å². The Bertz CT molecular complexity index is 1350. The van der Waals surface area contributed by atoms with Gasteiger partial charge in [-0.15, -0.1) is 22.7 Å². The number of rotatable bonds is 5. The third kappa shape index (κ3) is 4.70. The van der Waals surface area contributed by atoms with Gasteiger partial charge in [0.1, 0.15) is 10.7 Å². The lowest BCUT2D eigenvalue weighted by atomic mass is 10.2. The van der Waals surface area contributed by atoms with E-state index in [1.165, 1.54) is 23.5 Å². The molecule has 170 valence electrons. The summed E-state index contributed by atoms with van der Waals surface area (Å²) < 4.78 is 28.5. The second-order valence-corrected chi connectivity index (χ2v) is 11.6. The van der Waals surface area contributed by atoms with Gasteiger partial charge in [0, 0.05) is 24.0 Å². The molecule has 0 spiro atoms. The molecule has 0 saturated carbocycles. The average Bonchev–Trinajstić information content (AvgIpc) is 3.37. The second kappa shape index (κ2) is 9.30. The van der Waals surface area contributed by atoms with Crippen LogP contribution < -0.4 is 5.32 Å². The SMILES string of the molecule is O=C(Nc1nc(-c2nc3ccccc3s2)cs1)c1ccc(S(=O)(=O)N2CCCCCC2)cc1. The Morgan fingerprint density at radius 1 is 0.939 bits per heavy atom. The number of sulfonamides is 1. The Hall–Kier alpha value is -2.66. The summed E-state index contributed by atoms with van der Waals surface area (Å²) in [4.78, 5) is 22.0. The zero-order valence-corrected chi connectivity index (χ0v) is 20.2. The standard InChI is InChI=1S/C23H22N4O3S3/c28-21(16-9-11-17(12-10-16)33(29,30)27-13-5-1-2-6-14-27)26-23-25-19(15-31-23)22-24-18-7-3-4-8-20(18)32-22/h3-4,7-12,15H,1-2,5-6,13-14H2,(H,25,26,28). The Morgan fingerprint density at radius 3 is 2.39 bits per heavy atom. The Kier molecular flexibility index (Phi) is 6.24. The van der Waals surface area contributed by atoms with Gasteiger partial charge in [-0.3, -0.25) is 10.1 Å². The van der Waals surface area contributed by atoms with E-state index in [1.54, 1.807) is 27.8 Å². The number of carbonyl (C=O) groups excluding carboxylic acids is 1. The summed E-state index contributed by atoms with van der Waals surface area (Å²) in [5.41, 5.74) is 2.02. The molecular formula is C23H22N4O3S3. The number of nitrogens with one attached hydrogen (secondary N) is 1. The maximum atomic E-state index is 12.9. The van der Waals surface area contributed by atoms with Gasteiger partial charge in [-0.05, 0) is 49.2 Å². The van der Waals surface area contributed by atoms with Crippen LogP contribution in [-0.2, 0) is 10.0 Å². The number of anilines is 1. The second-order valence-electron chi connectivity index (χ2n) is 7.82. The van der Waals surface area contributed by atoms with Gasteiger partial charge in [0.25, 0.3) is 5.91 Å². The van der Waals surface area contributed by atoms with Crippen LogP contribution in [0.1, 0.15) is 36.0 Å².